The Bertz CT molecular complexity index is 931. The van der Waals surface area contributed by atoms with E-state index in [1.807, 2.05) is 0 Å². The van der Waals surface area contributed by atoms with Crippen molar-refractivity contribution in [3.05, 3.63) is 46.7 Å². The van der Waals surface area contributed by atoms with Gasteiger partial charge in [0.25, 0.3) is 11.8 Å². The SMILES string of the molecule is COCCN1C(=O)/C(=C\c2ccc(OCC(=O)NC[C@@H]3CCCO3)cc2)C(C(=O)OC)=C1C. The molecular weight excluding hydrogens is 428 g/mol. The highest BCUT2D eigenvalue weighted by Gasteiger charge is 2.36. The van der Waals surface area contributed by atoms with Gasteiger partial charge in [-0.25, -0.2) is 4.79 Å². The number of amides is 2. The molecule has 1 atom stereocenters. The van der Waals surface area contributed by atoms with Crippen molar-refractivity contribution < 1.29 is 33.3 Å². The summed E-state index contributed by atoms with van der Waals surface area (Å²) in [5, 5.41) is 2.80. The Morgan fingerprint density at radius 3 is 2.64 bits per heavy atom. The van der Waals surface area contributed by atoms with Crippen molar-refractivity contribution in [1.29, 1.82) is 0 Å². The van der Waals surface area contributed by atoms with Crippen molar-refractivity contribution in [2.75, 3.05) is 47.1 Å². The van der Waals surface area contributed by atoms with Gasteiger partial charge < -0.3 is 29.2 Å². The van der Waals surface area contributed by atoms with E-state index in [0.717, 1.165) is 19.4 Å². The Morgan fingerprint density at radius 1 is 1.24 bits per heavy atom. The van der Waals surface area contributed by atoms with Crippen LogP contribution in [-0.2, 0) is 28.6 Å². The molecule has 33 heavy (non-hydrogen) atoms. The number of hydrogen-bond acceptors (Lipinski definition) is 7. The first-order valence-corrected chi connectivity index (χ1v) is 10.9. The number of methoxy groups -OCH3 is 2. The van der Waals surface area contributed by atoms with E-state index in [9.17, 15) is 14.4 Å². The molecule has 2 amide bonds. The van der Waals surface area contributed by atoms with Crippen molar-refractivity contribution in [2.24, 2.45) is 0 Å². The van der Waals surface area contributed by atoms with E-state index in [0.29, 0.717) is 36.7 Å². The zero-order valence-corrected chi connectivity index (χ0v) is 19.2. The quantitative estimate of drug-likeness (QED) is 0.420. The number of ether oxygens (including phenoxy) is 4. The lowest BCUT2D eigenvalue weighted by Crippen LogP contribution is -2.35. The van der Waals surface area contributed by atoms with Crippen molar-refractivity contribution >= 4 is 23.9 Å². The van der Waals surface area contributed by atoms with Gasteiger partial charge >= 0.3 is 5.97 Å². The Hall–Kier alpha value is -3.17. The summed E-state index contributed by atoms with van der Waals surface area (Å²) < 4.78 is 21.0. The Kier molecular flexibility index (Phi) is 8.62. The van der Waals surface area contributed by atoms with Gasteiger partial charge in [0.15, 0.2) is 6.61 Å². The van der Waals surface area contributed by atoms with E-state index in [1.54, 1.807) is 44.4 Å². The molecular formula is C24H30N2O7. The highest BCUT2D eigenvalue weighted by molar-refractivity contribution is 6.16. The predicted molar refractivity (Wildman–Crippen MR) is 120 cm³/mol. The second-order valence-corrected chi connectivity index (χ2v) is 7.76. The summed E-state index contributed by atoms with van der Waals surface area (Å²) in [5.74, 6) is -0.550. The summed E-state index contributed by atoms with van der Waals surface area (Å²) in [6.45, 7) is 3.52. The summed E-state index contributed by atoms with van der Waals surface area (Å²) in [6, 6.07) is 6.91. The maximum absolute atomic E-state index is 12.9. The highest BCUT2D eigenvalue weighted by atomic mass is 16.5. The molecule has 0 spiro atoms. The highest BCUT2D eigenvalue weighted by Crippen LogP contribution is 2.31. The van der Waals surface area contributed by atoms with Gasteiger partial charge in [-0.1, -0.05) is 12.1 Å². The van der Waals surface area contributed by atoms with Gasteiger partial charge in [0, 0.05) is 32.5 Å². The maximum Gasteiger partial charge on any atom is 0.340 e. The smallest absolute Gasteiger partial charge is 0.340 e. The molecule has 9 nitrogen and oxygen atoms in total. The lowest BCUT2D eigenvalue weighted by molar-refractivity contribution is -0.136. The number of benzene rings is 1. The topological polar surface area (TPSA) is 103 Å². The molecule has 1 aromatic rings. The second-order valence-electron chi connectivity index (χ2n) is 7.76. The summed E-state index contributed by atoms with van der Waals surface area (Å²) in [4.78, 5) is 38.7. The van der Waals surface area contributed by atoms with Gasteiger partial charge in [-0.05, 0) is 43.5 Å². The molecule has 2 aliphatic rings. The van der Waals surface area contributed by atoms with Crippen LogP contribution < -0.4 is 10.1 Å². The molecule has 9 heteroatoms. The van der Waals surface area contributed by atoms with Crippen LogP contribution >= 0.6 is 0 Å². The molecule has 3 rings (SSSR count). The first kappa shape index (κ1) is 24.5. The third-order valence-corrected chi connectivity index (χ3v) is 5.53. The van der Waals surface area contributed by atoms with Crippen LogP contribution in [-0.4, -0.2) is 75.9 Å². The van der Waals surface area contributed by atoms with Gasteiger partial charge in [-0.2, -0.15) is 0 Å². The van der Waals surface area contributed by atoms with Crippen LogP contribution in [0.5, 0.6) is 5.75 Å². The molecule has 0 aromatic heterocycles. The maximum atomic E-state index is 12.9. The van der Waals surface area contributed by atoms with Gasteiger partial charge in [-0.3, -0.25) is 9.59 Å². The van der Waals surface area contributed by atoms with E-state index in [-0.39, 0.29) is 35.7 Å². The fourth-order valence-corrected chi connectivity index (χ4v) is 3.74. The van der Waals surface area contributed by atoms with Crippen molar-refractivity contribution in [3.63, 3.8) is 0 Å². The van der Waals surface area contributed by atoms with Crippen molar-refractivity contribution in [2.45, 2.75) is 25.9 Å². The van der Waals surface area contributed by atoms with Crippen molar-refractivity contribution in [1.82, 2.24) is 10.2 Å². The monoisotopic (exact) mass is 458 g/mol. The molecule has 1 fully saturated rings. The van der Waals surface area contributed by atoms with Crippen molar-refractivity contribution in [3.8, 4) is 5.75 Å². The molecule has 0 unspecified atom stereocenters. The molecule has 0 radical (unpaired) electrons. The van der Waals surface area contributed by atoms with Gasteiger partial charge in [0.1, 0.15) is 5.75 Å². The number of esters is 1. The van der Waals surface area contributed by atoms with Crippen LogP contribution in [0.1, 0.15) is 25.3 Å². The number of carbonyl (C=O) groups is 3. The third-order valence-electron chi connectivity index (χ3n) is 5.53. The van der Waals surface area contributed by atoms with Crippen LogP contribution in [0.2, 0.25) is 0 Å². The zero-order valence-electron chi connectivity index (χ0n) is 19.2. The first-order chi connectivity index (χ1) is 15.9. The van der Waals surface area contributed by atoms with E-state index < -0.39 is 5.97 Å². The van der Waals surface area contributed by atoms with Crippen LogP contribution in [0.4, 0.5) is 0 Å². The molecule has 0 bridgehead atoms. The second kappa shape index (κ2) is 11.6. The van der Waals surface area contributed by atoms with Crippen LogP contribution in [0.15, 0.2) is 41.1 Å². The number of rotatable bonds is 10. The molecule has 1 N–H and O–H groups in total. The van der Waals surface area contributed by atoms with E-state index >= 15 is 0 Å². The van der Waals surface area contributed by atoms with Gasteiger partial charge in [0.05, 0.1) is 31.0 Å². The number of allylic oxidation sites excluding steroid dienone is 1. The van der Waals surface area contributed by atoms with E-state index in [2.05, 4.69) is 5.32 Å². The number of carbonyl (C=O) groups excluding carboxylic acids is 3. The molecule has 0 aliphatic carbocycles. The van der Waals surface area contributed by atoms with E-state index in [4.69, 9.17) is 18.9 Å². The van der Waals surface area contributed by atoms with Gasteiger partial charge in [0.2, 0.25) is 0 Å². The number of nitrogens with zero attached hydrogens (tertiary/aromatic N) is 1. The third kappa shape index (κ3) is 6.21. The Balaban J connectivity index is 1.64. The average molecular weight is 459 g/mol. The van der Waals surface area contributed by atoms with Crippen LogP contribution in [0, 0.1) is 0 Å². The molecule has 1 saturated heterocycles. The summed E-state index contributed by atoms with van der Waals surface area (Å²) in [5.41, 5.74) is 1.74. The fraction of sp³-hybridized carbons (Fsp3) is 0.458. The summed E-state index contributed by atoms with van der Waals surface area (Å²) in [7, 11) is 2.83. The normalized spacial score (nSPS) is 19.4. The largest absolute Gasteiger partial charge is 0.484 e. The minimum absolute atomic E-state index is 0.0811. The van der Waals surface area contributed by atoms with Crippen LogP contribution in [0.25, 0.3) is 6.08 Å². The van der Waals surface area contributed by atoms with E-state index in [1.165, 1.54) is 12.0 Å². The fourth-order valence-electron chi connectivity index (χ4n) is 3.74. The molecule has 2 aliphatic heterocycles. The summed E-state index contributed by atoms with van der Waals surface area (Å²) in [6.07, 6.45) is 3.70. The zero-order chi connectivity index (χ0) is 23.8. The lowest BCUT2D eigenvalue weighted by atomic mass is 10.0. The molecule has 0 saturated carbocycles. The average Bonchev–Trinajstić information content (AvgIpc) is 3.42. The molecule has 2 heterocycles. The predicted octanol–water partition coefficient (Wildman–Crippen LogP) is 1.68. The number of nitrogens with one attached hydrogen (secondary N) is 1. The summed E-state index contributed by atoms with van der Waals surface area (Å²) >= 11 is 0. The standard InChI is InChI=1S/C24H30N2O7/c1-16-22(24(29)31-3)20(23(28)26(16)10-12-30-2)13-17-6-8-18(9-7-17)33-15-21(27)25-14-19-5-4-11-32-19/h6-9,13,19H,4-5,10-12,14-15H2,1-3H3,(H,25,27)/b20-13-/t19-/m0/s1. The molecule has 178 valence electrons. The minimum Gasteiger partial charge on any atom is -0.484 e. The Morgan fingerprint density at radius 2 is 2.00 bits per heavy atom. The Labute approximate surface area is 193 Å². The first-order valence-electron chi connectivity index (χ1n) is 10.9. The van der Waals surface area contributed by atoms with Crippen LogP contribution in [0.3, 0.4) is 0 Å². The molecule has 1 aromatic carbocycles. The van der Waals surface area contributed by atoms with Gasteiger partial charge in [-0.15, -0.1) is 0 Å². The number of hydrogen-bond donors (Lipinski definition) is 1. The lowest BCUT2D eigenvalue weighted by Gasteiger charge is -2.16. The minimum atomic E-state index is -0.569.